The normalized spacial score (nSPS) is 13.6. The highest BCUT2D eigenvalue weighted by atomic mass is 19.1. The molecule has 5 heterocycles. The largest absolute Gasteiger partial charge is 0.483 e. The van der Waals surface area contributed by atoms with Crippen LogP contribution in [0.25, 0.3) is 22.7 Å². The highest BCUT2D eigenvalue weighted by molar-refractivity contribution is 5.64. The van der Waals surface area contributed by atoms with Gasteiger partial charge in [-0.2, -0.15) is 4.98 Å². The number of pyridine rings is 2. The fourth-order valence-electron chi connectivity index (χ4n) is 3.84. The number of nitrogens with one attached hydrogen (secondary N) is 1. The van der Waals surface area contributed by atoms with Gasteiger partial charge in [0.05, 0.1) is 18.5 Å². The number of aromatic nitrogens is 5. The molecule has 0 unspecified atom stereocenters. The van der Waals surface area contributed by atoms with E-state index in [0.29, 0.717) is 22.8 Å². The Hall–Kier alpha value is -4.06. The van der Waals surface area contributed by atoms with Gasteiger partial charge >= 0.3 is 5.69 Å². The Morgan fingerprint density at radius 2 is 1.91 bits per heavy atom. The van der Waals surface area contributed by atoms with Gasteiger partial charge in [-0.05, 0) is 25.1 Å². The van der Waals surface area contributed by atoms with Crippen molar-refractivity contribution in [1.82, 2.24) is 29.1 Å². The predicted molar refractivity (Wildman–Crippen MR) is 118 cm³/mol. The van der Waals surface area contributed by atoms with Crippen molar-refractivity contribution in [3.63, 3.8) is 0 Å². The van der Waals surface area contributed by atoms with Crippen molar-refractivity contribution in [2.45, 2.75) is 6.92 Å². The number of halogens is 1. The van der Waals surface area contributed by atoms with E-state index in [1.54, 1.807) is 29.8 Å². The van der Waals surface area contributed by atoms with Crippen molar-refractivity contribution in [1.29, 1.82) is 0 Å². The maximum atomic E-state index is 14.5. The minimum Gasteiger partial charge on any atom is -0.483 e. The molecule has 0 saturated carbocycles. The second kappa shape index (κ2) is 9.20. The SMILES string of the molecule is COc1c(N2CCNCC2)ccc2nc(-c3cc(F)c4nc(C)cn4c3)nc(=O)n12.O=CO. The monoisotopic (exact) mass is 455 g/mol. The lowest BCUT2D eigenvalue weighted by atomic mass is 10.2. The van der Waals surface area contributed by atoms with E-state index in [0.717, 1.165) is 31.9 Å². The van der Waals surface area contributed by atoms with E-state index in [1.807, 2.05) is 6.07 Å². The molecule has 0 aliphatic carbocycles. The Kier molecular flexibility index (Phi) is 6.18. The van der Waals surface area contributed by atoms with Crippen molar-refractivity contribution in [3.8, 4) is 17.3 Å². The summed E-state index contributed by atoms with van der Waals surface area (Å²) in [4.78, 5) is 36.2. The average Bonchev–Trinajstić information content (AvgIpc) is 3.20. The summed E-state index contributed by atoms with van der Waals surface area (Å²) in [7, 11) is 1.52. The number of rotatable bonds is 3. The van der Waals surface area contributed by atoms with Gasteiger partial charge in [0.15, 0.2) is 17.3 Å². The molecule has 1 fully saturated rings. The number of hydrogen-bond acceptors (Lipinski definition) is 8. The summed E-state index contributed by atoms with van der Waals surface area (Å²) in [6.07, 6.45) is 3.37. The Bertz CT molecular complexity index is 1380. The number of aryl methyl sites for hydroxylation is 1. The zero-order valence-electron chi connectivity index (χ0n) is 18.0. The molecule has 0 atom stereocenters. The van der Waals surface area contributed by atoms with E-state index < -0.39 is 11.5 Å². The third kappa shape index (κ3) is 4.20. The molecule has 1 saturated heterocycles. The number of anilines is 1. The summed E-state index contributed by atoms with van der Waals surface area (Å²) < 4.78 is 23.0. The molecular formula is C21H22FN7O4. The van der Waals surface area contributed by atoms with E-state index in [9.17, 15) is 9.18 Å². The van der Waals surface area contributed by atoms with Gasteiger partial charge in [-0.15, -0.1) is 0 Å². The molecule has 11 nitrogen and oxygen atoms in total. The van der Waals surface area contributed by atoms with E-state index in [4.69, 9.17) is 14.6 Å². The standard InChI is InChI=1S/C20H20FN7O2.CH2O2/c1-12-10-27-11-13(9-14(21)18(27)23-12)17-24-16-4-3-15(26-7-5-22-6-8-26)19(30-2)28(16)20(29)25-17;2-1-3/h3-4,9-11,22H,5-8H2,1-2H3;1H,(H,2,3). The molecular weight excluding hydrogens is 433 g/mol. The van der Waals surface area contributed by atoms with Crippen molar-refractivity contribution in [3.05, 3.63) is 52.6 Å². The van der Waals surface area contributed by atoms with Gasteiger partial charge in [-0.1, -0.05) is 0 Å². The number of imidazole rings is 1. The Morgan fingerprint density at radius 1 is 1.18 bits per heavy atom. The van der Waals surface area contributed by atoms with Gasteiger partial charge in [0.2, 0.25) is 5.88 Å². The fourth-order valence-corrected chi connectivity index (χ4v) is 3.84. The summed E-state index contributed by atoms with van der Waals surface area (Å²) in [6, 6.07) is 4.93. The number of hydrogen-bond donors (Lipinski definition) is 2. The van der Waals surface area contributed by atoms with Crippen molar-refractivity contribution in [2.75, 3.05) is 38.2 Å². The molecule has 12 heteroatoms. The second-order valence-corrected chi connectivity index (χ2v) is 7.28. The molecule has 0 amide bonds. The summed E-state index contributed by atoms with van der Waals surface area (Å²) in [5.74, 6) is 0.0259. The predicted octanol–water partition coefficient (Wildman–Crippen LogP) is 0.971. The molecule has 1 aliphatic rings. The lowest BCUT2D eigenvalue weighted by Crippen LogP contribution is -2.44. The highest BCUT2D eigenvalue weighted by Crippen LogP contribution is 2.29. The molecule has 0 radical (unpaired) electrons. The first-order chi connectivity index (χ1) is 16.0. The van der Waals surface area contributed by atoms with Crippen LogP contribution in [0.1, 0.15) is 5.69 Å². The second-order valence-electron chi connectivity index (χ2n) is 7.28. The zero-order chi connectivity index (χ0) is 23.5. The molecule has 33 heavy (non-hydrogen) atoms. The first kappa shape index (κ1) is 22.1. The molecule has 2 N–H and O–H groups in total. The van der Waals surface area contributed by atoms with Crippen LogP contribution in [-0.2, 0) is 4.79 Å². The van der Waals surface area contributed by atoms with Crippen LogP contribution in [-0.4, -0.2) is 68.6 Å². The quantitative estimate of drug-likeness (QED) is 0.435. The summed E-state index contributed by atoms with van der Waals surface area (Å²) in [5, 5.41) is 10.2. The van der Waals surface area contributed by atoms with Crippen molar-refractivity contribution >= 4 is 23.5 Å². The van der Waals surface area contributed by atoms with Crippen molar-refractivity contribution < 1.29 is 19.0 Å². The number of ether oxygens (including phenoxy) is 1. The maximum Gasteiger partial charge on any atom is 0.358 e. The minimum absolute atomic E-state index is 0.143. The number of nitrogens with zero attached hydrogens (tertiary/aromatic N) is 6. The molecule has 5 rings (SSSR count). The van der Waals surface area contributed by atoms with Crippen LogP contribution in [0.3, 0.4) is 0 Å². The van der Waals surface area contributed by atoms with Crippen LogP contribution >= 0.6 is 0 Å². The van der Waals surface area contributed by atoms with E-state index in [2.05, 4.69) is 25.2 Å². The lowest BCUT2D eigenvalue weighted by molar-refractivity contribution is -0.122. The average molecular weight is 455 g/mol. The third-order valence-corrected chi connectivity index (χ3v) is 5.19. The van der Waals surface area contributed by atoms with Gasteiger partial charge in [0.1, 0.15) is 5.65 Å². The van der Waals surface area contributed by atoms with E-state index >= 15 is 0 Å². The minimum atomic E-state index is -0.536. The Balaban J connectivity index is 0.000000821. The van der Waals surface area contributed by atoms with E-state index in [-0.39, 0.29) is 17.9 Å². The van der Waals surface area contributed by atoms with Gasteiger partial charge < -0.3 is 24.5 Å². The number of carboxylic acid groups (broad SMARTS) is 1. The van der Waals surface area contributed by atoms with Crippen molar-refractivity contribution in [2.24, 2.45) is 0 Å². The van der Waals surface area contributed by atoms with Crippen LogP contribution in [0.2, 0.25) is 0 Å². The summed E-state index contributed by atoms with van der Waals surface area (Å²) in [6.45, 7) is 4.85. The van der Waals surface area contributed by atoms with Crippen LogP contribution in [0, 0.1) is 12.7 Å². The number of piperazine rings is 1. The highest BCUT2D eigenvalue weighted by Gasteiger charge is 2.20. The number of carbonyl (C=O) groups is 1. The van der Waals surface area contributed by atoms with Crippen LogP contribution in [0.5, 0.6) is 5.88 Å². The smallest absolute Gasteiger partial charge is 0.358 e. The van der Waals surface area contributed by atoms with Gasteiger partial charge in [-0.3, -0.25) is 4.79 Å². The van der Waals surface area contributed by atoms with Gasteiger partial charge in [0, 0.05) is 44.1 Å². The van der Waals surface area contributed by atoms with Crippen LogP contribution < -0.4 is 20.6 Å². The number of methoxy groups -OCH3 is 1. The van der Waals surface area contributed by atoms with Crippen LogP contribution in [0.15, 0.2) is 35.4 Å². The van der Waals surface area contributed by atoms with Crippen LogP contribution in [0.4, 0.5) is 10.1 Å². The van der Waals surface area contributed by atoms with Gasteiger partial charge in [0.25, 0.3) is 6.47 Å². The Morgan fingerprint density at radius 3 is 2.61 bits per heavy atom. The van der Waals surface area contributed by atoms with E-state index in [1.165, 1.54) is 17.6 Å². The molecule has 4 aromatic heterocycles. The topological polar surface area (TPSA) is 126 Å². The third-order valence-electron chi connectivity index (χ3n) is 5.19. The molecule has 172 valence electrons. The Labute approximate surface area is 187 Å². The molecule has 0 spiro atoms. The zero-order valence-corrected chi connectivity index (χ0v) is 18.0. The maximum absolute atomic E-state index is 14.5. The molecule has 4 aromatic rings. The fraction of sp³-hybridized carbons (Fsp3) is 0.286. The lowest BCUT2D eigenvalue weighted by Gasteiger charge is -2.30. The molecule has 0 bridgehead atoms. The summed E-state index contributed by atoms with van der Waals surface area (Å²) in [5.41, 5.74) is 1.95. The first-order valence-electron chi connectivity index (χ1n) is 10.1. The molecule has 1 aliphatic heterocycles. The first-order valence-corrected chi connectivity index (χ1v) is 10.1. The molecule has 0 aromatic carbocycles. The van der Waals surface area contributed by atoms with Gasteiger partial charge in [-0.25, -0.2) is 23.6 Å². The summed E-state index contributed by atoms with van der Waals surface area (Å²) >= 11 is 0. The number of fused-ring (bicyclic) bond motifs is 2.